The predicted octanol–water partition coefficient (Wildman–Crippen LogP) is 11.9. The summed E-state index contributed by atoms with van der Waals surface area (Å²) in [5.74, 6) is 0. The van der Waals surface area contributed by atoms with Gasteiger partial charge >= 0.3 is 0 Å². The zero-order valence-electron chi connectivity index (χ0n) is 24.7. The molecule has 1 heteroatoms. The minimum absolute atomic E-state index is 0. The minimum Gasteiger partial charge on any atom is -0.226 e. The zero-order valence-corrected chi connectivity index (χ0v) is 27.6. The SMILES string of the molecule is [Y].[c-]1ccccc1-c1[c-]ccc(-c2ccc(-c3c4ccccc4c(-c4ccc(-c5ccccc5)cc4)c4ccccc34)cc2)c1. The van der Waals surface area contributed by atoms with Crippen molar-refractivity contribution in [3.63, 3.8) is 0 Å². The van der Waals surface area contributed by atoms with E-state index in [1.165, 1.54) is 66.1 Å². The van der Waals surface area contributed by atoms with Gasteiger partial charge in [0.15, 0.2) is 0 Å². The molecule has 8 aromatic carbocycles. The molecule has 0 aliphatic rings. The van der Waals surface area contributed by atoms with E-state index in [2.05, 4.69) is 158 Å². The van der Waals surface area contributed by atoms with E-state index in [-0.39, 0.29) is 32.7 Å². The Morgan fingerprint density at radius 3 is 1.22 bits per heavy atom. The fourth-order valence-corrected chi connectivity index (χ4v) is 6.40. The van der Waals surface area contributed by atoms with Crippen molar-refractivity contribution < 1.29 is 32.7 Å². The quantitative estimate of drug-likeness (QED) is 0.129. The van der Waals surface area contributed by atoms with Crippen LogP contribution in [0.4, 0.5) is 0 Å². The van der Waals surface area contributed by atoms with Crippen molar-refractivity contribution in [1.82, 2.24) is 0 Å². The van der Waals surface area contributed by atoms with Crippen LogP contribution in [0, 0.1) is 12.1 Å². The first-order valence-electron chi connectivity index (χ1n) is 15.0. The Morgan fingerprint density at radius 1 is 0.289 bits per heavy atom. The molecule has 0 N–H and O–H groups in total. The average molecular weight is 646 g/mol. The van der Waals surface area contributed by atoms with Crippen LogP contribution in [0.15, 0.2) is 170 Å². The fourth-order valence-electron chi connectivity index (χ4n) is 6.40. The summed E-state index contributed by atoms with van der Waals surface area (Å²) in [6, 6.07) is 67.4. The topological polar surface area (TPSA) is 0 Å². The van der Waals surface area contributed by atoms with Gasteiger partial charge in [0.25, 0.3) is 0 Å². The molecule has 0 unspecified atom stereocenters. The maximum atomic E-state index is 3.37. The van der Waals surface area contributed by atoms with Crippen LogP contribution in [-0.2, 0) is 32.7 Å². The first kappa shape index (κ1) is 29.1. The van der Waals surface area contributed by atoms with Crippen molar-refractivity contribution in [1.29, 1.82) is 0 Å². The van der Waals surface area contributed by atoms with Crippen molar-refractivity contribution in [3.05, 3.63) is 182 Å². The van der Waals surface area contributed by atoms with Gasteiger partial charge < -0.3 is 0 Å². The number of hydrogen-bond acceptors (Lipinski definition) is 0. The second-order valence-corrected chi connectivity index (χ2v) is 11.1. The van der Waals surface area contributed by atoms with Gasteiger partial charge in [0, 0.05) is 32.7 Å². The summed E-state index contributed by atoms with van der Waals surface area (Å²) in [5.41, 5.74) is 11.9. The molecule has 8 rings (SSSR count). The second-order valence-electron chi connectivity index (χ2n) is 11.1. The summed E-state index contributed by atoms with van der Waals surface area (Å²) in [6.45, 7) is 0. The maximum Gasteiger partial charge on any atom is 0 e. The summed E-state index contributed by atoms with van der Waals surface area (Å²) in [5, 5.41) is 5.05. The molecule has 0 atom stereocenters. The van der Waals surface area contributed by atoms with Gasteiger partial charge in [0.2, 0.25) is 0 Å². The van der Waals surface area contributed by atoms with Gasteiger partial charge in [-0.2, -0.15) is 42.5 Å². The Balaban J connectivity index is 0.00000325. The summed E-state index contributed by atoms with van der Waals surface area (Å²) in [6.07, 6.45) is 0. The normalized spacial score (nSPS) is 10.9. The summed E-state index contributed by atoms with van der Waals surface area (Å²) in [7, 11) is 0. The van der Waals surface area contributed by atoms with E-state index in [1.807, 2.05) is 24.3 Å². The fraction of sp³-hybridized carbons (Fsp3) is 0. The van der Waals surface area contributed by atoms with Gasteiger partial charge in [-0.05, 0) is 60.5 Å². The number of fused-ring (bicyclic) bond motifs is 2. The molecule has 45 heavy (non-hydrogen) atoms. The molecule has 0 amide bonds. The standard InChI is InChI=1S/C44H28.Y/c1-3-12-31(13-4-1)33-22-26-35(27-23-33)43-39-18-7-9-20-41(39)44(42-21-10-8-19-40(42)43)36-28-24-34(25-29-36)38-17-11-16-37(30-38)32-14-5-2-6-15-32;/h1-14,17-30H;/q-2;. The van der Waals surface area contributed by atoms with Crippen molar-refractivity contribution >= 4 is 21.5 Å². The second kappa shape index (κ2) is 12.8. The van der Waals surface area contributed by atoms with Gasteiger partial charge in [-0.3, -0.25) is 0 Å². The van der Waals surface area contributed by atoms with Crippen LogP contribution >= 0.6 is 0 Å². The first-order valence-corrected chi connectivity index (χ1v) is 15.0. The smallest absolute Gasteiger partial charge is 0 e. The molecule has 1 radical (unpaired) electrons. The average Bonchev–Trinajstić information content (AvgIpc) is 3.11. The predicted molar refractivity (Wildman–Crippen MR) is 186 cm³/mol. The molecule has 0 aliphatic carbocycles. The van der Waals surface area contributed by atoms with Gasteiger partial charge in [-0.1, -0.05) is 127 Å². The minimum atomic E-state index is 0. The van der Waals surface area contributed by atoms with E-state index in [0.29, 0.717) is 0 Å². The number of benzene rings is 8. The molecule has 0 saturated heterocycles. The molecule has 0 nitrogen and oxygen atoms in total. The molecule has 0 spiro atoms. The van der Waals surface area contributed by atoms with Crippen molar-refractivity contribution in [2.75, 3.05) is 0 Å². The Labute approximate surface area is 289 Å². The van der Waals surface area contributed by atoms with Crippen molar-refractivity contribution in [2.45, 2.75) is 0 Å². The van der Waals surface area contributed by atoms with Gasteiger partial charge in [0.1, 0.15) is 0 Å². The summed E-state index contributed by atoms with van der Waals surface area (Å²) >= 11 is 0. The van der Waals surface area contributed by atoms with E-state index in [9.17, 15) is 0 Å². The van der Waals surface area contributed by atoms with Crippen LogP contribution < -0.4 is 0 Å². The maximum absolute atomic E-state index is 3.37. The molecule has 0 aromatic heterocycles. The van der Waals surface area contributed by atoms with Gasteiger partial charge in [-0.25, -0.2) is 11.1 Å². The number of hydrogen-bond donors (Lipinski definition) is 0. The summed E-state index contributed by atoms with van der Waals surface area (Å²) in [4.78, 5) is 0. The molecule has 8 aromatic rings. The van der Waals surface area contributed by atoms with Crippen molar-refractivity contribution in [2.24, 2.45) is 0 Å². The third-order valence-electron chi connectivity index (χ3n) is 8.52. The van der Waals surface area contributed by atoms with Crippen LogP contribution in [0.1, 0.15) is 0 Å². The molecule has 0 saturated carbocycles. The molecule has 0 heterocycles. The van der Waals surface area contributed by atoms with Crippen LogP contribution in [0.5, 0.6) is 0 Å². The third kappa shape index (κ3) is 5.57. The van der Waals surface area contributed by atoms with Gasteiger partial charge in [0.05, 0.1) is 0 Å². The monoisotopic (exact) mass is 645 g/mol. The van der Waals surface area contributed by atoms with Crippen LogP contribution in [0.25, 0.3) is 77.2 Å². The summed E-state index contributed by atoms with van der Waals surface area (Å²) < 4.78 is 0. The van der Waals surface area contributed by atoms with Crippen LogP contribution in [0.3, 0.4) is 0 Å². The van der Waals surface area contributed by atoms with E-state index in [4.69, 9.17) is 0 Å². The molecule has 0 fully saturated rings. The van der Waals surface area contributed by atoms with Crippen molar-refractivity contribution in [3.8, 4) is 55.6 Å². The molecular weight excluding hydrogens is 617 g/mol. The van der Waals surface area contributed by atoms with E-state index >= 15 is 0 Å². The van der Waals surface area contributed by atoms with Crippen LogP contribution in [0.2, 0.25) is 0 Å². The zero-order chi connectivity index (χ0) is 29.3. The molecule has 209 valence electrons. The van der Waals surface area contributed by atoms with E-state index < -0.39 is 0 Å². The Morgan fingerprint density at radius 2 is 0.711 bits per heavy atom. The van der Waals surface area contributed by atoms with Gasteiger partial charge in [-0.15, -0.1) is 17.7 Å². The molecule has 0 aliphatic heterocycles. The number of rotatable bonds is 5. The first-order chi connectivity index (χ1) is 21.8. The molecular formula is C44H28Y-2. The Kier molecular flexibility index (Phi) is 8.27. The third-order valence-corrected chi connectivity index (χ3v) is 8.52. The largest absolute Gasteiger partial charge is 0.226 e. The Hall–Kier alpha value is -4.62. The molecule has 0 bridgehead atoms. The van der Waals surface area contributed by atoms with Crippen LogP contribution in [-0.4, -0.2) is 0 Å². The van der Waals surface area contributed by atoms with E-state index in [1.54, 1.807) is 0 Å². The van der Waals surface area contributed by atoms with E-state index in [0.717, 1.165) is 11.1 Å². The Bertz CT molecular complexity index is 2170.